The number of benzene rings is 1. The molecule has 1 heterocycles. The molecule has 1 saturated heterocycles. The van der Waals surface area contributed by atoms with Crippen molar-refractivity contribution in [2.24, 2.45) is 0 Å². The lowest BCUT2D eigenvalue weighted by atomic mass is 9.80. The summed E-state index contributed by atoms with van der Waals surface area (Å²) in [5.41, 5.74) is 3.27. The molecule has 2 aliphatic rings. The number of fused-ring (bicyclic) bond motifs is 1. The Labute approximate surface area is 148 Å². The van der Waals surface area contributed by atoms with E-state index in [1.165, 1.54) is 12.1 Å². The second-order valence-electron chi connectivity index (χ2n) is 6.82. The van der Waals surface area contributed by atoms with Crippen molar-refractivity contribution in [1.29, 1.82) is 5.26 Å². The lowest BCUT2D eigenvalue weighted by Crippen LogP contribution is -2.28. The first kappa shape index (κ1) is 17.6. The minimum absolute atomic E-state index is 0.246. The first-order chi connectivity index (χ1) is 12.0. The third-order valence-corrected chi connectivity index (χ3v) is 4.82. The van der Waals surface area contributed by atoms with Crippen molar-refractivity contribution < 1.29 is 9.13 Å². The smallest absolute Gasteiger partial charge is 0.123 e. The number of allylic oxidation sites excluding steroid dienone is 4. The van der Waals surface area contributed by atoms with Crippen molar-refractivity contribution in [2.75, 3.05) is 27.2 Å². The van der Waals surface area contributed by atoms with Crippen LogP contribution in [-0.4, -0.2) is 32.1 Å². The van der Waals surface area contributed by atoms with E-state index < -0.39 is 5.60 Å². The van der Waals surface area contributed by atoms with Crippen LogP contribution in [0.15, 0.2) is 59.2 Å². The van der Waals surface area contributed by atoms with Gasteiger partial charge in [0.15, 0.2) is 0 Å². The van der Waals surface area contributed by atoms with E-state index in [9.17, 15) is 9.65 Å². The fourth-order valence-corrected chi connectivity index (χ4v) is 3.61. The summed E-state index contributed by atoms with van der Waals surface area (Å²) in [7, 11) is 4.11. The van der Waals surface area contributed by atoms with Crippen LogP contribution in [0.25, 0.3) is 0 Å². The van der Waals surface area contributed by atoms with Crippen molar-refractivity contribution >= 4 is 0 Å². The highest BCUT2D eigenvalue weighted by Gasteiger charge is 2.43. The van der Waals surface area contributed by atoms with Crippen LogP contribution in [0.1, 0.15) is 24.8 Å². The minimum atomic E-state index is -0.561. The zero-order valence-corrected chi connectivity index (χ0v) is 14.8. The number of halogens is 1. The zero-order chi connectivity index (χ0) is 17.9. The second kappa shape index (κ2) is 7.35. The SMILES string of the molecule is CN(C)CCC[C@@]1(c2ccc(F)cc2)OCC2=CC(C#N)=CCC=C21. The van der Waals surface area contributed by atoms with Crippen molar-refractivity contribution in [1.82, 2.24) is 4.90 Å². The number of hydrogen-bond donors (Lipinski definition) is 0. The van der Waals surface area contributed by atoms with Gasteiger partial charge in [0.25, 0.3) is 0 Å². The molecular weight excluding hydrogens is 315 g/mol. The van der Waals surface area contributed by atoms with Gasteiger partial charge in [-0.1, -0.05) is 24.3 Å². The third-order valence-electron chi connectivity index (χ3n) is 4.82. The van der Waals surface area contributed by atoms with Crippen LogP contribution in [0.2, 0.25) is 0 Å². The van der Waals surface area contributed by atoms with E-state index in [2.05, 4.69) is 31.1 Å². The summed E-state index contributed by atoms with van der Waals surface area (Å²) < 4.78 is 19.8. The molecule has 1 aromatic rings. The molecule has 3 nitrogen and oxygen atoms in total. The summed E-state index contributed by atoms with van der Waals surface area (Å²) in [6.07, 6.45) is 8.51. The molecule has 1 atom stereocenters. The van der Waals surface area contributed by atoms with E-state index in [0.29, 0.717) is 18.6 Å². The molecule has 0 spiro atoms. The van der Waals surface area contributed by atoms with E-state index in [4.69, 9.17) is 4.74 Å². The second-order valence-corrected chi connectivity index (χ2v) is 6.82. The van der Waals surface area contributed by atoms with Crippen molar-refractivity contribution in [2.45, 2.75) is 24.9 Å². The maximum absolute atomic E-state index is 13.4. The highest BCUT2D eigenvalue weighted by atomic mass is 19.1. The summed E-state index contributed by atoms with van der Waals surface area (Å²) in [6, 6.07) is 8.85. The Balaban J connectivity index is 2.00. The molecule has 0 N–H and O–H groups in total. The maximum atomic E-state index is 13.4. The Morgan fingerprint density at radius 2 is 2.00 bits per heavy atom. The van der Waals surface area contributed by atoms with E-state index in [-0.39, 0.29) is 5.82 Å². The van der Waals surface area contributed by atoms with Gasteiger partial charge in [0.05, 0.1) is 12.7 Å². The van der Waals surface area contributed by atoms with E-state index in [0.717, 1.165) is 36.1 Å². The van der Waals surface area contributed by atoms with Crippen molar-refractivity contribution in [3.63, 3.8) is 0 Å². The highest BCUT2D eigenvalue weighted by Crippen LogP contribution is 2.48. The average Bonchev–Trinajstić information content (AvgIpc) is 2.79. The van der Waals surface area contributed by atoms with Gasteiger partial charge in [0, 0.05) is 5.57 Å². The largest absolute Gasteiger partial charge is 0.361 e. The van der Waals surface area contributed by atoms with Gasteiger partial charge in [-0.05, 0) is 74.8 Å². The summed E-state index contributed by atoms with van der Waals surface area (Å²) >= 11 is 0. The Bertz CT molecular complexity index is 768. The number of hydrogen-bond acceptors (Lipinski definition) is 3. The molecule has 0 saturated carbocycles. The predicted octanol–water partition coefficient (Wildman–Crippen LogP) is 4.10. The van der Waals surface area contributed by atoms with Gasteiger partial charge in [-0.2, -0.15) is 5.26 Å². The topological polar surface area (TPSA) is 36.3 Å². The lowest BCUT2D eigenvalue weighted by molar-refractivity contribution is 0.0134. The minimum Gasteiger partial charge on any atom is -0.361 e. The number of ether oxygens (including phenoxy) is 1. The number of nitriles is 1. The molecule has 0 radical (unpaired) electrons. The first-order valence-corrected chi connectivity index (χ1v) is 8.62. The van der Waals surface area contributed by atoms with Crippen LogP contribution < -0.4 is 0 Å². The molecular formula is C21H23FN2O. The molecule has 4 heteroatoms. The van der Waals surface area contributed by atoms with Crippen molar-refractivity contribution in [3.05, 3.63) is 70.6 Å². The third kappa shape index (κ3) is 3.58. The summed E-state index contributed by atoms with van der Waals surface area (Å²) in [4.78, 5) is 2.15. The molecule has 0 amide bonds. The molecule has 0 unspecified atom stereocenters. The summed E-state index contributed by atoms with van der Waals surface area (Å²) in [6.45, 7) is 1.44. The summed E-state index contributed by atoms with van der Waals surface area (Å²) in [5, 5.41) is 9.24. The molecule has 3 rings (SSSR count). The molecule has 1 aromatic carbocycles. The quantitative estimate of drug-likeness (QED) is 0.811. The lowest BCUT2D eigenvalue weighted by Gasteiger charge is -2.31. The van der Waals surface area contributed by atoms with Crippen LogP contribution in [0, 0.1) is 17.1 Å². The van der Waals surface area contributed by atoms with E-state index in [1.807, 2.05) is 24.3 Å². The highest BCUT2D eigenvalue weighted by molar-refractivity contribution is 5.54. The fraction of sp³-hybridized carbons (Fsp3) is 0.381. The Hall–Kier alpha value is -2.22. The molecule has 1 fully saturated rings. The van der Waals surface area contributed by atoms with Crippen LogP contribution >= 0.6 is 0 Å². The molecule has 0 bridgehead atoms. The van der Waals surface area contributed by atoms with Crippen LogP contribution in [0.3, 0.4) is 0 Å². The standard InChI is InChI=1S/C21H23FN2O/c1-24(2)12-4-11-21(18-7-9-19(22)10-8-18)20-6-3-5-16(14-23)13-17(20)15-25-21/h5-10,13H,3-4,11-12,15H2,1-2H3/t21-/m0/s1. The van der Waals surface area contributed by atoms with Crippen LogP contribution in [-0.2, 0) is 10.3 Å². The average molecular weight is 338 g/mol. The normalized spacial score (nSPS) is 22.6. The van der Waals surface area contributed by atoms with Gasteiger partial charge < -0.3 is 9.64 Å². The fourth-order valence-electron chi connectivity index (χ4n) is 3.61. The monoisotopic (exact) mass is 338 g/mol. The van der Waals surface area contributed by atoms with E-state index in [1.54, 1.807) is 0 Å². The van der Waals surface area contributed by atoms with Gasteiger partial charge in [-0.25, -0.2) is 4.39 Å². The number of rotatable bonds is 5. The summed E-state index contributed by atoms with van der Waals surface area (Å²) in [5.74, 6) is -0.246. The van der Waals surface area contributed by atoms with Gasteiger partial charge in [-0.15, -0.1) is 0 Å². The van der Waals surface area contributed by atoms with E-state index >= 15 is 0 Å². The predicted molar refractivity (Wildman–Crippen MR) is 96.3 cm³/mol. The van der Waals surface area contributed by atoms with Gasteiger partial charge in [0.1, 0.15) is 11.4 Å². The molecule has 1 aliphatic carbocycles. The van der Waals surface area contributed by atoms with Crippen LogP contribution in [0.4, 0.5) is 4.39 Å². The van der Waals surface area contributed by atoms with Gasteiger partial charge >= 0.3 is 0 Å². The van der Waals surface area contributed by atoms with Gasteiger partial charge in [-0.3, -0.25) is 0 Å². The Kier molecular flexibility index (Phi) is 5.17. The molecule has 25 heavy (non-hydrogen) atoms. The molecule has 130 valence electrons. The van der Waals surface area contributed by atoms with Gasteiger partial charge in [0.2, 0.25) is 0 Å². The Morgan fingerprint density at radius 3 is 2.68 bits per heavy atom. The first-order valence-electron chi connectivity index (χ1n) is 8.62. The number of nitrogens with zero attached hydrogens (tertiary/aromatic N) is 2. The Morgan fingerprint density at radius 1 is 1.24 bits per heavy atom. The maximum Gasteiger partial charge on any atom is 0.123 e. The van der Waals surface area contributed by atoms with Crippen molar-refractivity contribution in [3.8, 4) is 6.07 Å². The zero-order valence-electron chi connectivity index (χ0n) is 14.8. The molecule has 0 aromatic heterocycles. The van der Waals surface area contributed by atoms with Crippen LogP contribution in [0.5, 0.6) is 0 Å². The molecule has 1 aliphatic heterocycles.